The molecule has 2 heterocycles. The SMILES string of the molecule is CCN(C(=O)/C(CS(=O)CC(F)(F)F)=N\OC)c1cn(-c2cccnc2)nc1Cl. The topological polar surface area (TPSA) is 89.7 Å². The molecule has 8 nitrogen and oxygen atoms in total. The Morgan fingerprint density at radius 1 is 1.45 bits per heavy atom. The summed E-state index contributed by atoms with van der Waals surface area (Å²) in [4.78, 5) is 22.5. The predicted octanol–water partition coefficient (Wildman–Crippen LogP) is 2.59. The molecular formula is C16H17ClF3N5O3S. The third-order valence-electron chi connectivity index (χ3n) is 3.48. The highest BCUT2D eigenvalue weighted by atomic mass is 35.5. The number of nitrogens with zero attached hydrogens (tertiary/aromatic N) is 5. The lowest BCUT2D eigenvalue weighted by molar-refractivity contribution is -0.112. The zero-order valence-corrected chi connectivity index (χ0v) is 17.0. The maximum absolute atomic E-state index is 12.9. The largest absolute Gasteiger partial charge is 0.400 e. The molecule has 0 fully saturated rings. The molecule has 0 saturated heterocycles. The van der Waals surface area contributed by atoms with Crippen molar-refractivity contribution in [2.45, 2.75) is 13.1 Å². The molecule has 2 aromatic heterocycles. The van der Waals surface area contributed by atoms with Gasteiger partial charge in [0, 0.05) is 23.5 Å². The number of halogens is 4. The van der Waals surface area contributed by atoms with Crippen LogP contribution in [0.15, 0.2) is 35.9 Å². The minimum Gasteiger partial charge on any atom is -0.399 e. The van der Waals surface area contributed by atoms with E-state index in [1.807, 2.05) is 0 Å². The van der Waals surface area contributed by atoms with Crippen LogP contribution in [0.2, 0.25) is 5.15 Å². The smallest absolute Gasteiger partial charge is 0.399 e. The molecule has 0 aliphatic carbocycles. The summed E-state index contributed by atoms with van der Waals surface area (Å²) in [5.74, 6) is -3.08. The van der Waals surface area contributed by atoms with Crippen molar-refractivity contribution in [3.8, 4) is 5.69 Å². The number of oxime groups is 1. The van der Waals surface area contributed by atoms with Gasteiger partial charge < -0.3 is 9.74 Å². The molecule has 0 radical (unpaired) electrons. The van der Waals surface area contributed by atoms with E-state index >= 15 is 0 Å². The number of hydrogen-bond donors (Lipinski definition) is 0. The Morgan fingerprint density at radius 2 is 2.17 bits per heavy atom. The van der Waals surface area contributed by atoms with Crippen LogP contribution in [0.3, 0.4) is 0 Å². The summed E-state index contributed by atoms with van der Waals surface area (Å²) in [6, 6.07) is 3.41. The molecule has 13 heteroatoms. The molecule has 0 spiro atoms. The average molecular weight is 452 g/mol. The van der Waals surface area contributed by atoms with Gasteiger partial charge in [-0.25, -0.2) is 4.68 Å². The van der Waals surface area contributed by atoms with Crippen LogP contribution in [0.1, 0.15) is 6.92 Å². The monoisotopic (exact) mass is 451 g/mol. The standard InChI is InChI=1S/C16H17ClF3N5O3S/c1-3-24(13-8-25(22-14(13)17)11-5-4-6-21-7-11)15(26)12(23-28-2)9-29(27)10-16(18,19)20/h4-8H,3,9-10H2,1-2H3/b23-12-. The average Bonchev–Trinajstić information content (AvgIpc) is 3.03. The van der Waals surface area contributed by atoms with Gasteiger partial charge in [-0.05, 0) is 19.1 Å². The van der Waals surface area contributed by atoms with E-state index in [-0.39, 0.29) is 17.4 Å². The van der Waals surface area contributed by atoms with Gasteiger partial charge in [0.1, 0.15) is 18.6 Å². The molecule has 2 rings (SSSR count). The van der Waals surface area contributed by atoms with Crippen molar-refractivity contribution in [1.29, 1.82) is 0 Å². The Bertz CT molecular complexity index is 905. The fourth-order valence-corrected chi connectivity index (χ4v) is 3.53. The molecule has 1 atom stereocenters. The Kier molecular flexibility index (Phi) is 7.73. The lowest BCUT2D eigenvalue weighted by Gasteiger charge is -2.20. The number of rotatable bonds is 8. The Hall–Kier alpha value is -2.47. The van der Waals surface area contributed by atoms with Gasteiger partial charge in [-0.15, -0.1) is 0 Å². The lowest BCUT2D eigenvalue weighted by Crippen LogP contribution is -2.39. The maximum Gasteiger partial charge on any atom is 0.400 e. The van der Waals surface area contributed by atoms with E-state index in [0.717, 1.165) is 12.0 Å². The second-order valence-electron chi connectivity index (χ2n) is 5.57. The van der Waals surface area contributed by atoms with Crippen LogP contribution in [0, 0.1) is 0 Å². The summed E-state index contributed by atoms with van der Waals surface area (Å²) in [6.45, 7) is 1.73. The van der Waals surface area contributed by atoms with Crippen LogP contribution in [0.4, 0.5) is 18.9 Å². The number of pyridine rings is 1. The Balaban J connectivity index is 2.29. The number of hydrogen-bond acceptors (Lipinski definition) is 6. The second kappa shape index (κ2) is 9.83. The van der Waals surface area contributed by atoms with Gasteiger partial charge in [-0.1, -0.05) is 16.8 Å². The molecule has 2 aromatic rings. The number of carbonyl (C=O) groups excluding carboxylic acids is 1. The number of aromatic nitrogens is 3. The fraction of sp³-hybridized carbons (Fsp3) is 0.375. The minimum atomic E-state index is -4.63. The van der Waals surface area contributed by atoms with Crippen molar-refractivity contribution in [3.05, 3.63) is 35.9 Å². The molecule has 1 unspecified atom stereocenters. The number of anilines is 1. The van der Waals surface area contributed by atoms with Crippen molar-refractivity contribution in [3.63, 3.8) is 0 Å². The number of alkyl halides is 3. The first-order valence-electron chi connectivity index (χ1n) is 8.15. The third-order valence-corrected chi connectivity index (χ3v) is 5.00. The van der Waals surface area contributed by atoms with E-state index < -0.39 is 40.1 Å². The highest BCUT2D eigenvalue weighted by Crippen LogP contribution is 2.26. The first kappa shape index (κ1) is 22.8. The zero-order valence-electron chi connectivity index (χ0n) is 15.4. The first-order chi connectivity index (χ1) is 13.7. The molecule has 0 aromatic carbocycles. The maximum atomic E-state index is 12.9. The third kappa shape index (κ3) is 6.26. The van der Waals surface area contributed by atoms with E-state index in [9.17, 15) is 22.2 Å². The van der Waals surface area contributed by atoms with Crippen LogP contribution >= 0.6 is 11.6 Å². The van der Waals surface area contributed by atoms with Crippen LogP contribution in [0.25, 0.3) is 5.69 Å². The molecule has 1 amide bonds. The molecule has 158 valence electrons. The summed E-state index contributed by atoms with van der Waals surface area (Å²) in [7, 11) is -1.26. The molecule has 0 saturated carbocycles. The second-order valence-corrected chi connectivity index (χ2v) is 7.39. The summed E-state index contributed by atoms with van der Waals surface area (Å²) in [5, 5.41) is 7.57. The van der Waals surface area contributed by atoms with E-state index in [0.29, 0.717) is 5.69 Å². The van der Waals surface area contributed by atoms with Crippen LogP contribution in [-0.4, -0.2) is 61.9 Å². The van der Waals surface area contributed by atoms with Gasteiger partial charge in [0.05, 0.1) is 23.8 Å². The van der Waals surface area contributed by atoms with Crippen molar-refractivity contribution < 1.29 is 27.0 Å². The van der Waals surface area contributed by atoms with Gasteiger partial charge in [0.2, 0.25) is 0 Å². The first-order valence-corrected chi connectivity index (χ1v) is 10.0. The Labute approximate surface area is 171 Å². The molecular weight excluding hydrogens is 435 g/mol. The Morgan fingerprint density at radius 3 is 2.72 bits per heavy atom. The quantitative estimate of drug-likeness (QED) is 0.454. The lowest BCUT2D eigenvalue weighted by atomic mass is 10.3. The summed E-state index contributed by atoms with van der Waals surface area (Å²) in [6.07, 6.45) is -0.0577. The normalized spacial score (nSPS) is 13.2. The number of amides is 1. The fourth-order valence-electron chi connectivity index (χ4n) is 2.35. The van der Waals surface area contributed by atoms with Crippen molar-refractivity contribution in [1.82, 2.24) is 14.8 Å². The van der Waals surface area contributed by atoms with Crippen molar-refractivity contribution >= 4 is 39.7 Å². The molecule has 0 aliphatic heterocycles. The molecule has 0 N–H and O–H groups in total. The summed E-state index contributed by atoms with van der Waals surface area (Å²) < 4.78 is 50.6. The van der Waals surface area contributed by atoms with Gasteiger partial charge in [-0.3, -0.25) is 14.0 Å². The van der Waals surface area contributed by atoms with Gasteiger partial charge >= 0.3 is 6.18 Å². The minimum absolute atomic E-state index is 0.0165. The molecule has 29 heavy (non-hydrogen) atoms. The highest BCUT2D eigenvalue weighted by molar-refractivity contribution is 7.85. The van der Waals surface area contributed by atoms with Crippen molar-refractivity contribution in [2.24, 2.45) is 5.16 Å². The zero-order chi connectivity index (χ0) is 21.6. The van der Waals surface area contributed by atoms with E-state index in [2.05, 4.69) is 20.1 Å². The van der Waals surface area contributed by atoms with Gasteiger partial charge in [-0.2, -0.15) is 18.3 Å². The highest BCUT2D eigenvalue weighted by Gasteiger charge is 2.33. The van der Waals surface area contributed by atoms with E-state index in [1.54, 1.807) is 25.3 Å². The van der Waals surface area contributed by atoms with Crippen molar-refractivity contribution in [2.75, 3.05) is 30.1 Å². The predicted molar refractivity (Wildman–Crippen MR) is 103 cm³/mol. The van der Waals surface area contributed by atoms with E-state index in [4.69, 9.17) is 11.6 Å². The van der Waals surface area contributed by atoms with E-state index in [1.165, 1.54) is 17.1 Å². The summed E-state index contributed by atoms with van der Waals surface area (Å²) >= 11 is 6.16. The van der Waals surface area contributed by atoms with Gasteiger partial charge in [0.25, 0.3) is 5.91 Å². The number of carbonyl (C=O) groups is 1. The summed E-state index contributed by atoms with van der Waals surface area (Å²) in [5.41, 5.74) is 0.358. The van der Waals surface area contributed by atoms with Crippen LogP contribution in [0.5, 0.6) is 0 Å². The van der Waals surface area contributed by atoms with Crippen LogP contribution in [-0.2, 0) is 20.4 Å². The molecule has 0 bridgehead atoms. The molecule has 0 aliphatic rings. The van der Waals surface area contributed by atoms with Gasteiger partial charge in [0.15, 0.2) is 10.9 Å². The van der Waals surface area contributed by atoms with Crippen LogP contribution < -0.4 is 4.90 Å².